The Morgan fingerprint density at radius 1 is 1.56 bits per heavy atom. The van der Waals surface area contributed by atoms with Gasteiger partial charge in [0.05, 0.1) is 24.4 Å². The van der Waals surface area contributed by atoms with Crippen LogP contribution in [0.2, 0.25) is 0 Å². The van der Waals surface area contributed by atoms with E-state index in [4.69, 9.17) is 4.74 Å². The van der Waals surface area contributed by atoms with E-state index < -0.39 is 0 Å². The van der Waals surface area contributed by atoms with Crippen LogP contribution in [0, 0.1) is 11.7 Å². The SMILES string of the molecule is CCOC(=O)C1CC=C(c2ccc(F)cn2)CC1. The first-order chi connectivity index (χ1) is 8.70. The first-order valence-electron chi connectivity index (χ1n) is 6.18. The number of nitrogens with zero attached hydrogens (tertiary/aromatic N) is 1. The van der Waals surface area contributed by atoms with E-state index in [2.05, 4.69) is 4.98 Å². The van der Waals surface area contributed by atoms with Crippen molar-refractivity contribution in [1.29, 1.82) is 0 Å². The van der Waals surface area contributed by atoms with Crippen molar-refractivity contribution in [3.05, 3.63) is 35.9 Å². The summed E-state index contributed by atoms with van der Waals surface area (Å²) in [4.78, 5) is 15.6. The normalized spacial score (nSPS) is 19.2. The van der Waals surface area contributed by atoms with Gasteiger partial charge < -0.3 is 4.74 Å². The van der Waals surface area contributed by atoms with E-state index in [9.17, 15) is 9.18 Å². The van der Waals surface area contributed by atoms with Gasteiger partial charge in [-0.25, -0.2) is 4.39 Å². The lowest BCUT2D eigenvalue weighted by Gasteiger charge is -2.20. The van der Waals surface area contributed by atoms with E-state index in [1.54, 1.807) is 6.07 Å². The first kappa shape index (κ1) is 12.7. The molecule has 1 aromatic rings. The van der Waals surface area contributed by atoms with Crippen LogP contribution in [0.5, 0.6) is 0 Å². The van der Waals surface area contributed by atoms with Gasteiger partial charge in [0.1, 0.15) is 5.82 Å². The molecule has 0 saturated heterocycles. The molecular weight excluding hydrogens is 233 g/mol. The fourth-order valence-corrected chi connectivity index (χ4v) is 2.11. The van der Waals surface area contributed by atoms with Crippen molar-refractivity contribution < 1.29 is 13.9 Å². The Bertz CT molecular complexity index is 453. The Kier molecular flexibility index (Phi) is 4.07. The molecular formula is C14H16FNO2. The smallest absolute Gasteiger partial charge is 0.309 e. The summed E-state index contributed by atoms with van der Waals surface area (Å²) in [6.07, 6.45) is 5.44. The standard InChI is InChI=1S/C14H16FNO2/c1-2-18-14(17)11-5-3-10(4-6-11)13-8-7-12(15)9-16-13/h3,7-9,11H,2,4-6H2,1H3. The molecule has 18 heavy (non-hydrogen) atoms. The second-order valence-corrected chi connectivity index (χ2v) is 4.31. The van der Waals surface area contributed by atoms with Crippen molar-refractivity contribution in [2.45, 2.75) is 26.2 Å². The molecule has 1 aromatic heterocycles. The number of aromatic nitrogens is 1. The maximum atomic E-state index is 12.8. The predicted molar refractivity (Wildman–Crippen MR) is 66.1 cm³/mol. The molecule has 1 unspecified atom stereocenters. The highest BCUT2D eigenvalue weighted by atomic mass is 19.1. The van der Waals surface area contributed by atoms with Gasteiger partial charge in [0.2, 0.25) is 0 Å². The number of hydrogen-bond acceptors (Lipinski definition) is 3. The van der Waals surface area contributed by atoms with E-state index in [0.29, 0.717) is 13.0 Å². The number of allylic oxidation sites excluding steroid dienone is 2. The van der Waals surface area contributed by atoms with E-state index in [1.165, 1.54) is 12.3 Å². The molecule has 2 rings (SSSR count). The van der Waals surface area contributed by atoms with Crippen LogP contribution in [0.1, 0.15) is 31.9 Å². The van der Waals surface area contributed by atoms with Gasteiger partial charge in [-0.05, 0) is 43.9 Å². The molecule has 1 atom stereocenters. The number of rotatable bonds is 3. The summed E-state index contributed by atoms with van der Waals surface area (Å²) in [7, 11) is 0. The second-order valence-electron chi connectivity index (χ2n) is 4.31. The highest BCUT2D eigenvalue weighted by molar-refractivity contribution is 5.75. The zero-order valence-corrected chi connectivity index (χ0v) is 10.4. The van der Waals surface area contributed by atoms with E-state index in [-0.39, 0.29) is 17.7 Å². The number of esters is 1. The molecule has 0 bridgehead atoms. The zero-order chi connectivity index (χ0) is 13.0. The molecule has 4 heteroatoms. The maximum Gasteiger partial charge on any atom is 0.309 e. The highest BCUT2D eigenvalue weighted by Gasteiger charge is 2.23. The molecule has 0 aromatic carbocycles. The maximum absolute atomic E-state index is 12.8. The molecule has 1 aliphatic carbocycles. The predicted octanol–water partition coefficient (Wildman–Crippen LogP) is 2.97. The summed E-state index contributed by atoms with van der Waals surface area (Å²) in [5.41, 5.74) is 1.87. The molecule has 0 radical (unpaired) electrons. The molecule has 1 heterocycles. The van der Waals surface area contributed by atoms with Crippen molar-refractivity contribution in [3.63, 3.8) is 0 Å². The molecule has 0 aliphatic heterocycles. The van der Waals surface area contributed by atoms with Crippen molar-refractivity contribution in [1.82, 2.24) is 4.98 Å². The lowest BCUT2D eigenvalue weighted by Crippen LogP contribution is -2.19. The van der Waals surface area contributed by atoms with Crippen molar-refractivity contribution in [2.24, 2.45) is 5.92 Å². The third-order valence-electron chi connectivity index (χ3n) is 3.09. The van der Waals surface area contributed by atoms with Gasteiger partial charge in [0.15, 0.2) is 0 Å². The minimum Gasteiger partial charge on any atom is -0.466 e. The Balaban J connectivity index is 2.02. The second kappa shape index (κ2) is 5.76. The van der Waals surface area contributed by atoms with Crippen molar-refractivity contribution >= 4 is 11.5 Å². The fourth-order valence-electron chi connectivity index (χ4n) is 2.11. The largest absolute Gasteiger partial charge is 0.466 e. The number of carbonyl (C=O) groups excluding carboxylic acids is 1. The molecule has 3 nitrogen and oxygen atoms in total. The van der Waals surface area contributed by atoms with Gasteiger partial charge in [-0.1, -0.05) is 6.08 Å². The van der Waals surface area contributed by atoms with E-state index in [0.717, 1.165) is 24.1 Å². The molecule has 0 fully saturated rings. The Hall–Kier alpha value is -1.71. The molecule has 1 aliphatic rings. The lowest BCUT2D eigenvalue weighted by molar-refractivity contribution is -0.148. The van der Waals surface area contributed by atoms with Gasteiger partial charge >= 0.3 is 5.97 Å². The van der Waals surface area contributed by atoms with Crippen LogP contribution in [0.4, 0.5) is 4.39 Å². The summed E-state index contributed by atoms with van der Waals surface area (Å²) in [6.45, 7) is 2.23. The van der Waals surface area contributed by atoms with Crippen molar-refractivity contribution in [3.8, 4) is 0 Å². The number of halogens is 1. The summed E-state index contributed by atoms with van der Waals surface area (Å²) < 4.78 is 17.8. The third-order valence-corrected chi connectivity index (χ3v) is 3.09. The minimum atomic E-state index is -0.334. The lowest BCUT2D eigenvalue weighted by atomic mass is 9.88. The van der Waals surface area contributed by atoms with Gasteiger partial charge in [0.25, 0.3) is 0 Å². The zero-order valence-electron chi connectivity index (χ0n) is 10.4. The Labute approximate surface area is 106 Å². The first-order valence-corrected chi connectivity index (χ1v) is 6.18. The molecule has 0 spiro atoms. The molecule has 0 saturated carbocycles. The van der Waals surface area contributed by atoms with Crippen LogP contribution in [0.3, 0.4) is 0 Å². The quantitative estimate of drug-likeness (QED) is 0.773. The molecule has 0 amide bonds. The monoisotopic (exact) mass is 249 g/mol. The van der Waals surface area contributed by atoms with Crippen LogP contribution in [-0.4, -0.2) is 17.6 Å². The van der Waals surface area contributed by atoms with E-state index in [1.807, 2.05) is 13.0 Å². The molecule has 96 valence electrons. The van der Waals surface area contributed by atoms with Crippen LogP contribution < -0.4 is 0 Å². The third kappa shape index (κ3) is 2.94. The fraction of sp³-hybridized carbons (Fsp3) is 0.429. The van der Waals surface area contributed by atoms with E-state index >= 15 is 0 Å². The summed E-state index contributed by atoms with van der Waals surface area (Å²) in [6, 6.07) is 3.08. The van der Waals surface area contributed by atoms with Gasteiger partial charge in [-0.2, -0.15) is 0 Å². The van der Waals surface area contributed by atoms with Gasteiger partial charge in [-0.15, -0.1) is 0 Å². The summed E-state index contributed by atoms with van der Waals surface area (Å²) in [5.74, 6) is -0.506. The van der Waals surface area contributed by atoms with Crippen LogP contribution in [0.25, 0.3) is 5.57 Å². The Morgan fingerprint density at radius 2 is 2.39 bits per heavy atom. The Morgan fingerprint density at radius 3 is 2.94 bits per heavy atom. The van der Waals surface area contributed by atoms with Crippen molar-refractivity contribution in [2.75, 3.05) is 6.61 Å². The average Bonchev–Trinajstić information content (AvgIpc) is 2.40. The number of pyridine rings is 1. The van der Waals surface area contributed by atoms with Gasteiger partial charge in [0, 0.05) is 0 Å². The minimum absolute atomic E-state index is 0.0471. The molecule has 0 N–H and O–H groups in total. The average molecular weight is 249 g/mol. The number of carbonyl (C=O) groups is 1. The highest BCUT2D eigenvalue weighted by Crippen LogP contribution is 2.29. The van der Waals surface area contributed by atoms with Crippen LogP contribution in [0.15, 0.2) is 24.4 Å². The number of ether oxygens (including phenoxy) is 1. The van der Waals surface area contributed by atoms with Crippen LogP contribution in [-0.2, 0) is 9.53 Å². The van der Waals surface area contributed by atoms with Gasteiger partial charge in [-0.3, -0.25) is 9.78 Å². The topological polar surface area (TPSA) is 39.2 Å². The number of hydrogen-bond donors (Lipinski definition) is 0. The van der Waals surface area contributed by atoms with Crippen LogP contribution >= 0.6 is 0 Å². The summed E-state index contributed by atoms with van der Waals surface area (Å²) >= 11 is 0. The summed E-state index contributed by atoms with van der Waals surface area (Å²) in [5, 5.41) is 0.